The van der Waals surface area contributed by atoms with Gasteiger partial charge in [-0.15, -0.1) is 0 Å². The van der Waals surface area contributed by atoms with Crippen LogP contribution < -0.4 is 14.8 Å². The Morgan fingerprint density at radius 3 is 2.27 bits per heavy atom. The number of para-hydroxylation sites is 3. The van der Waals surface area contributed by atoms with Gasteiger partial charge in [0, 0.05) is 19.4 Å². The van der Waals surface area contributed by atoms with Gasteiger partial charge in [0.25, 0.3) is 11.7 Å². The van der Waals surface area contributed by atoms with Crippen LogP contribution in [0.4, 0.5) is 5.69 Å². The number of anilines is 1. The second-order valence-electron chi connectivity index (χ2n) is 6.81. The summed E-state index contributed by atoms with van der Waals surface area (Å²) >= 11 is 0. The number of hydrogen-bond donors (Lipinski definition) is 1. The van der Waals surface area contributed by atoms with Crippen LogP contribution in [0.25, 0.3) is 6.08 Å². The van der Waals surface area contributed by atoms with Gasteiger partial charge in [-0.3, -0.25) is 4.79 Å². The van der Waals surface area contributed by atoms with E-state index in [1.54, 1.807) is 48.5 Å². The first kappa shape index (κ1) is 20.9. The molecule has 0 atom stereocenters. The lowest BCUT2D eigenvalue weighted by atomic mass is 10.1. The molecule has 0 saturated carbocycles. The molecule has 1 aliphatic rings. The van der Waals surface area contributed by atoms with Gasteiger partial charge >= 0.3 is 11.9 Å². The van der Waals surface area contributed by atoms with Crippen LogP contribution in [0.3, 0.4) is 0 Å². The lowest BCUT2D eigenvalue weighted by Gasteiger charge is -2.29. The predicted octanol–water partition coefficient (Wildman–Crippen LogP) is 2.93. The molecular formula is C22H21NO7. The fourth-order valence-corrected chi connectivity index (χ4v) is 2.74. The van der Waals surface area contributed by atoms with Crippen LogP contribution in [0, 0.1) is 0 Å². The van der Waals surface area contributed by atoms with Crippen molar-refractivity contribution in [3.8, 4) is 11.5 Å². The van der Waals surface area contributed by atoms with Gasteiger partial charge in [0.15, 0.2) is 6.61 Å². The Labute approximate surface area is 173 Å². The van der Waals surface area contributed by atoms with Gasteiger partial charge in [0.1, 0.15) is 17.1 Å². The van der Waals surface area contributed by atoms with Crippen LogP contribution in [0.1, 0.15) is 19.4 Å². The van der Waals surface area contributed by atoms with Crippen LogP contribution >= 0.6 is 0 Å². The van der Waals surface area contributed by atoms with Crippen molar-refractivity contribution >= 4 is 29.6 Å². The van der Waals surface area contributed by atoms with Crippen LogP contribution in [-0.4, -0.2) is 37.3 Å². The van der Waals surface area contributed by atoms with E-state index < -0.39 is 23.6 Å². The summed E-state index contributed by atoms with van der Waals surface area (Å²) in [6, 6.07) is 13.7. The van der Waals surface area contributed by atoms with Crippen molar-refractivity contribution in [2.24, 2.45) is 0 Å². The van der Waals surface area contributed by atoms with Crippen molar-refractivity contribution in [2.75, 3.05) is 19.0 Å². The molecule has 0 unspecified atom stereocenters. The van der Waals surface area contributed by atoms with E-state index in [4.69, 9.17) is 18.9 Å². The zero-order chi connectivity index (χ0) is 21.7. The molecule has 0 aliphatic carbocycles. The molecule has 0 aromatic heterocycles. The van der Waals surface area contributed by atoms with Gasteiger partial charge in [-0.2, -0.15) is 0 Å². The Balaban J connectivity index is 1.72. The number of amides is 1. The molecule has 8 nitrogen and oxygen atoms in total. The summed E-state index contributed by atoms with van der Waals surface area (Å²) in [5.74, 6) is -2.48. The number of carbonyl (C=O) groups is 3. The summed E-state index contributed by atoms with van der Waals surface area (Å²) in [4.78, 5) is 36.6. The maximum Gasteiger partial charge on any atom is 0.348 e. The van der Waals surface area contributed by atoms with Crippen molar-refractivity contribution in [3.05, 3.63) is 59.7 Å². The minimum atomic E-state index is -1.32. The van der Waals surface area contributed by atoms with Crippen molar-refractivity contribution in [3.63, 3.8) is 0 Å². The Kier molecular flexibility index (Phi) is 6.06. The number of benzene rings is 2. The molecule has 30 heavy (non-hydrogen) atoms. The summed E-state index contributed by atoms with van der Waals surface area (Å²) in [5, 5.41) is 2.70. The highest BCUT2D eigenvalue weighted by Gasteiger charge is 2.39. The highest BCUT2D eigenvalue weighted by molar-refractivity contribution is 6.19. The molecule has 1 aliphatic heterocycles. The fourth-order valence-electron chi connectivity index (χ4n) is 2.74. The van der Waals surface area contributed by atoms with Crippen LogP contribution in [0.15, 0.2) is 54.1 Å². The van der Waals surface area contributed by atoms with E-state index in [1.165, 1.54) is 27.0 Å². The highest BCUT2D eigenvalue weighted by Crippen LogP contribution is 2.27. The summed E-state index contributed by atoms with van der Waals surface area (Å²) in [6.07, 6.45) is 1.31. The fraction of sp³-hybridized carbons (Fsp3) is 0.227. The first-order valence-electron chi connectivity index (χ1n) is 9.12. The molecule has 1 N–H and O–H groups in total. The number of esters is 2. The zero-order valence-corrected chi connectivity index (χ0v) is 16.8. The van der Waals surface area contributed by atoms with Crippen molar-refractivity contribution < 1.29 is 33.3 Å². The number of hydrogen-bond acceptors (Lipinski definition) is 7. The normalized spacial score (nSPS) is 15.0. The number of nitrogens with one attached hydrogen (secondary N) is 1. The second kappa shape index (κ2) is 8.69. The number of cyclic esters (lactones) is 2. The molecule has 1 amide bonds. The lowest BCUT2D eigenvalue weighted by Crippen LogP contribution is -2.41. The monoisotopic (exact) mass is 411 g/mol. The second-order valence-corrected chi connectivity index (χ2v) is 6.81. The van der Waals surface area contributed by atoms with Crippen LogP contribution in [0.2, 0.25) is 0 Å². The molecule has 1 saturated heterocycles. The Morgan fingerprint density at radius 2 is 1.60 bits per heavy atom. The largest absolute Gasteiger partial charge is 0.495 e. The first-order valence-corrected chi connectivity index (χ1v) is 9.12. The molecule has 1 fully saturated rings. The highest BCUT2D eigenvalue weighted by atomic mass is 16.7. The Morgan fingerprint density at radius 1 is 1.00 bits per heavy atom. The SMILES string of the molecule is COc1ccccc1NC(=O)COc1ccccc1C=C1C(=O)OC(C)(C)OC1=O. The van der Waals surface area contributed by atoms with E-state index in [9.17, 15) is 14.4 Å². The Bertz CT molecular complexity index is 988. The van der Waals surface area contributed by atoms with E-state index in [2.05, 4.69) is 5.32 Å². The van der Waals surface area contributed by atoms with Crippen LogP contribution in [0.5, 0.6) is 11.5 Å². The molecule has 0 spiro atoms. The number of rotatable bonds is 6. The summed E-state index contributed by atoms with van der Waals surface area (Å²) in [6.45, 7) is 2.65. The molecule has 2 aromatic carbocycles. The molecule has 0 radical (unpaired) electrons. The van der Waals surface area contributed by atoms with Crippen molar-refractivity contribution in [1.82, 2.24) is 0 Å². The van der Waals surface area contributed by atoms with E-state index >= 15 is 0 Å². The third-order valence-corrected chi connectivity index (χ3v) is 4.08. The van der Waals surface area contributed by atoms with Gasteiger partial charge in [-0.1, -0.05) is 30.3 Å². The van der Waals surface area contributed by atoms with Gasteiger partial charge in [-0.25, -0.2) is 9.59 Å². The van der Waals surface area contributed by atoms with Gasteiger partial charge in [0.2, 0.25) is 0 Å². The minimum Gasteiger partial charge on any atom is -0.495 e. The smallest absolute Gasteiger partial charge is 0.348 e. The zero-order valence-electron chi connectivity index (χ0n) is 16.8. The van der Waals surface area contributed by atoms with E-state index in [0.717, 1.165) is 0 Å². The van der Waals surface area contributed by atoms with Gasteiger partial charge < -0.3 is 24.3 Å². The third-order valence-electron chi connectivity index (χ3n) is 4.08. The molecule has 8 heteroatoms. The van der Waals surface area contributed by atoms with E-state index in [1.807, 2.05) is 0 Å². The van der Waals surface area contributed by atoms with Crippen molar-refractivity contribution in [2.45, 2.75) is 19.6 Å². The van der Waals surface area contributed by atoms with Gasteiger partial charge in [-0.05, 0) is 24.3 Å². The maximum absolute atomic E-state index is 12.3. The average molecular weight is 411 g/mol. The quantitative estimate of drug-likeness (QED) is 0.443. The van der Waals surface area contributed by atoms with E-state index in [-0.39, 0.29) is 12.2 Å². The molecular weight excluding hydrogens is 390 g/mol. The van der Waals surface area contributed by atoms with Crippen LogP contribution in [-0.2, 0) is 23.9 Å². The summed E-state index contributed by atoms with van der Waals surface area (Å²) < 4.78 is 21.0. The molecule has 2 aromatic rings. The lowest BCUT2D eigenvalue weighted by molar-refractivity contribution is -0.222. The average Bonchev–Trinajstić information content (AvgIpc) is 2.69. The molecule has 0 bridgehead atoms. The Hall–Kier alpha value is -3.81. The predicted molar refractivity (Wildman–Crippen MR) is 108 cm³/mol. The number of ether oxygens (including phenoxy) is 4. The third kappa shape index (κ3) is 4.96. The van der Waals surface area contributed by atoms with Gasteiger partial charge in [0.05, 0.1) is 12.8 Å². The topological polar surface area (TPSA) is 100 Å². The standard InChI is InChI=1S/C22H21NO7/c1-22(2)29-20(25)15(21(26)30-22)12-14-8-4-6-10-17(14)28-13-19(24)23-16-9-5-7-11-18(16)27-3/h4-12H,13H2,1-3H3,(H,23,24). The summed E-state index contributed by atoms with van der Waals surface area (Å²) in [7, 11) is 1.51. The van der Waals surface area contributed by atoms with E-state index in [0.29, 0.717) is 22.7 Å². The molecule has 3 rings (SSSR count). The first-order chi connectivity index (χ1) is 14.3. The number of methoxy groups -OCH3 is 1. The minimum absolute atomic E-state index is 0.260. The number of carbonyl (C=O) groups excluding carboxylic acids is 3. The summed E-state index contributed by atoms with van der Waals surface area (Å²) in [5.41, 5.74) is 0.675. The molecule has 156 valence electrons. The maximum atomic E-state index is 12.3. The molecule has 1 heterocycles. The van der Waals surface area contributed by atoms with Crippen molar-refractivity contribution in [1.29, 1.82) is 0 Å².